The van der Waals surface area contributed by atoms with Gasteiger partial charge in [0.25, 0.3) is 5.69 Å². The third-order valence-corrected chi connectivity index (χ3v) is 1.99. The predicted octanol–water partition coefficient (Wildman–Crippen LogP) is 1.73. The number of nitrogen functional groups attached to an aromatic ring is 1. The number of rotatable bonds is 1. The Kier molecular flexibility index (Phi) is 1.78. The molecule has 2 N–H and O–H groups in total. The van der Waals surface area contributed by atoms with Gasteiger partial charge < -0.3 is 5.73 Å². The second-order valence-electron chi connectivity index (χ2n) is 2.83. The fourth-order valence-corrected chi connectivity index (χ4v) is 1.32. The van der Waals surface area contributed by atoms with Gasteiger partial charge in [-0.05, 0) is 12.1 Å². The van der Waals surface area contributed by atoms with Crippen LogP contribution < -0.4 is 5.73 Å². The lowest BCUT2D eigenvalue weighted by Gasteiger charge is -2.00. The van der Waals surface area contributed by atoms with E-state index in [2.05, 4.69) is 4.98 Å². The van der Waals surface area contributed by atoms with Crippen LogP contribution in [0.3, 0.4) is 0 Å². The van der Waals surface area contributed by atoms with Gasteiger partial charge in [-0.15, -0.1) is 0 Å². The first-order chi connectivity index (χ1) is 6.70. The van der Waals surface area contributed by atoms with Gasteiger partial charge in [-0.1, -0.05) is 6.07 Å². The van der Waals surface area contributed by atoms with Crippen molar-refractivity contribution >= 4 is 22.3 Å². The second-order valence-corrected chi connectivity index (χ2v) is 2.83. The predicted molar refractivity (Wildman–Crippen MR) is 52.8 cm³/mol. The van der Waals surface area contributed by atoms with E-state index >= 15 is 0 Å². The smallest absolute Gasteiger partial charge is 0.294 e. The molecule has 14 heavy (non-hydrogen) atoms. The van der Waals surface area contributed by atoms with E-state index in [4.69, 9.17) is 5.73 Å². The lowest BCUT2D eigenvalue weighted by molar-refractivity contribution is -0.383. The Hall–Kier alpha value is -2.17. The average Bonchev–Trinajstić information content (AvgIpc) is 2.18. The summed E-state index contributed by atoms with van der Waals surface area (Å²) in [6, 6.07) is 6.59. The molecule has 5 nitrogen and oxygen atoms in total. The Morgan fingerprint density at radius 3 is 2.86 bits per heavy atom. The molecule has 0 fully saturated rings. The van der Waals surface area contributed by atoms with Crippen LogP contribution >= 0.6 is 0 Å². The highest BCUT2D eigenvalue weighted by Crippen LogP contribution is 2.28. The maximum absolute atomic E-state index is 10.6. The summed E-state index contributed by atoms with van der Waals surface area (Å²) in [7, 11) is 0. The molecule has 0 aliphatic rings. The highest BCUT2D eigenvalue weighted by molar-refractivity contribution is 5.93. The molecule has 0 spiro atoms. The highest BCUT2D eigenvalue weighted by atomic mass is 16.6. The van der Waals surface area contributed by atoms with Gasteiger partial charge in [0, 0.05) is 17.6 Å². The van der Waals surface area contributed by atoms with Crippen molar-refractivity contribution in [3.8, 4) is 0 Å². The molecule has 0 unspecified atom stereocenters. The largest absolute Gasteiger partial charge is 0.391 e. The molecule has 0 aliphatic heterocycles. The number of nitrogens with zero attached hydrogens (tertiary/aromatic N) is 2. The molecule has 0 amide bonds. The fourth-order valence-electron chi connectivity index (χ4n) is 1.32. The van der Waals surface area contributed by atoms with Crippen molar-refractivity contribution in [1.29, 1.82) is 0 Å². The molecule has 0 saturated carbocycles. The number of pyridine rings is 1. The SMILES string of the molecule is Nc1c([N+](=O)[O-])ccc2cccnc12. The number of nitro groups is 1. The van der Waals surface area contributed by atoms with Gasteiger partial charge in [-0.2, -0.15) is 0 Å². The second kappa shape index (κ2) is 2.95. The summed E-state index contributed by atoms with van der Waals surface area (Å²) in [6.07, 6.45) is 1.56. The summed E-state index contributed by atoms with van der Waals surface area (Å²) in [5.41, 5.74) is 6.11. The Morgan fingerprint density at radius 2 is 2.14 bits per heavy atom. The topological polar surface area (TPSA) is 82.0 Å². The number of fused-ring (bicyclic) bond motifs is 1. The minimum absolute atomic E-state index is 0.101. The summed E-state index contributed by atoms with van der Waals surface area (Å²) in [6.45, 7) is 0. The van der Waals surface area contributed by atoms with E-state index in [-0.39, 0.29) is 11.4 Å². The van der Waals surface area contributed by atoms with Crippen LogP contribution in [0.4, 0.5) is 11.4 Å². The van der Waals surface area contributed by atoms with Crippen molar-refractivity contribution in [1.82, 2.24) is 4.98 Å². The summed E-state index contributed by atoms with van der Waals surface area (Å²) < 4.78 is 0. The van der Waals surface area contributed by atoms with Crippen molar-refractivity contribution in [2.45, 2.75) is 0 Å². The van der Waals surface area contributed by atoms with E-state index in [9.17, 15) is 10.1 Å². The lowest BCUT2D eigenvalue weighted by Crippen LogP contribution is -1.97. The molecule has 2 aromatic rings. The van der Waals surface area contributed by atoms with Crippen LogP contribution in [0.25, 0.3) is 10.9 Å². The van der Waals surface area contributed by atoms with Crippen molar-refractivity contribution in [2.24, 2.45) is 0 Å². The minimum atomic E-state index is -0.510. The third kappa shape index (κ3) is 1.15. The van der Waals surface area contributed by atoms with E-state index in [1.807, 2.05) is 6.07 Å². The monoisotopic (exact) mass is 189 g/mol. The first-order valence-electron chi connectivity index (χ1n) is 3.98. The van der Waals surface area contributed by atoms with Crippen molar-refractivity contribution in [2.75, 3.05) is 5.73 Å². The van der Waals surface area contributed by atoms with E-state index in [1.54, 1.807) is 18.3 Å². The first-order valence-corrected chi connectivity index (χ1v) is 3.98. The molecule has 0 bridgehead atoms. The minimum Gasteiger partial charge on any atom is -0.391 e. The van der Waals surface area contributed by atoms with Crippen LogP contribution in [-0.4, -0.2) is 9.91 Å². The number of nitrogens with two attached hydrogens (primary N) is 1. The van der Waals surface area contributed by atoms with Crippen LogP contribution in [0.5, 0.6) is 0 Å². The van der Waals surface area contributed by atoms with Gasteiger partial charge in [0.15, 0.2) is 0 Å². The number of nitro benzene ring substituents is 1. The van der Waals surface area contributed by atoms with Gasteiger partial charge in [-0.3, -0.25) is 15.1 Å². The number of benzene rings is 1. The Bertz CT molecular complexity index is 510. The number of hydrogen-bond acceptors (Lipinski definition) is 4. The molecular formula is C9H7N3O2. The van der Waals surface area contributed by atoms with Crippen molar-refractivity contribution < 1.29 is 4.92 Å². The van der Waals surface area contributed by atoms with Crippen LogP contribution in [-0.2, 0) is 0 Å². The fraction of sp³-hybridized carbons (Fsp3) is 0. The van der Waals surface area contributed by atoms with Crippen LogP contribution in [0.1, 0.15) is 0 Å². The molecule has 0 aliphatic carbocycles. The zero-order valence-electron chi connectivity index (χ0n) is 7.18. The normalized spacial score (nSPS) is 10.3. The van der Waals surface area contributed by atoms with E-state index < -0.39 is 4.92 Å². The van der Waals surface area contributed by atoms with Crippen LogP contribution in [0.15, 0.2) is 30.5 Å². The lowest BCUT2D eigenvalue weighted by atomic mass is 10.1. The standard InChI is InChI=1S/C9H7N3O2/c10-8-7(12(13)14)4-3-6-2-1-5-11-9(6)8/h1-5H,10H2. The molecule has 1 aromatic carbocycles. The van der Waals surface area contributed by atoms with E-state index in [0.29, 0.717) is 5.52 Å². The third-order valence-electron chi connectivity index (χ3n) is 1.99. The maximum atomic E-state index is 10.6. The quantitative estimate of drug-likeness (QED) is 0.420. The first kappa shape index (κ1) is 8.43. The molecule has 5 heteroatoms. The molecule has 2 rings (SSSR count). The zero-order valence-corrected chi connectivity index (χ0v) is 7.18. The van der Waals surface area contributed by atoms with Crippen molar-refractivity contribution in [3.05, 3.63) is 40.6 Å². The molecule has 1 aromatic heterocycles. The molecule has 0 atom stereocenters. The Balaban J connectivity index is 2.81. The van der Waals surface area contributed by atoms with Crippen LogP contribution in [0.2, 0.25) is 0 Å². The zero-order chi connectivity index (χ0) is 10.1. The van der Waals surface area contributed by atoms with Gasteiger partial charge in [-0.25, -0.2) is 0 Å². The Labute approximate surface area is 79.3 Å². The summed E-state index contributed by atoms with van der Waals surface area (Å²) >= 11 is 0. The molecule has 70 valence electrons. The molecule has 1 heterocycles. The van der Waals surface area contributed by atoms with Gasteiger partial charge >= 0.3 is 0 Å². The average molecular weight is 189 g/mol. The molecule has 0 saturated heterocycles. The van der Waals surface area contributed by atoms with Gasteiger partial charge in [0.05, 0.1) is 4.92 Å². The van der Waals surface area contributed by atoms with Crippen molar-refractivity contribution in [3.63, 3.8) is 0 Å². The number of anilines is 1. The van der Waals surface area contributed by atoms with Gasteiger partial charge in [0.1, 0.15) is 11.2 Å². The highest BCUT2D eigenvalue weighted by Gasteiger charge is 2.13. The van der Waals surface area contributed by atoms with Crippen LogP contribution in [0, 0.1) is 10.1 Å². The van der Waals surface area contributed by atoms with E-state index in [1.165, 1.54) is 6.07 Å². The molecule has 0 radical (unpaired) electrons. The van der Waals surface area contributed by atoms with Gasteiger partial charge in [0.2, 0.25) is 0 Å². The number of hydrogen-bond donors (Lipinski definition) is 1. The summed E-state index contributed by atoms with van der Waals surface area (Å²) in [5, 5.41) is 11.4. The van der Waals surface area contributed by atoms with E-state index in [0.717, 1.165) is 5.39 Å². The molecular weight excluding hydrogens is 182 g/mol. The summed E-state index contributed by atoms with van der Waals surface area (Å²) in [4.78, 5) is 14.0. The summed E-state index contributed by atoms with van der Waals surface area (Å²) in [5.74, 6) is 0. The number of aromatic nitrogens is 1. The Morgan fingerprint density at radius 1 is 1.36 bits per heavy atom. The maximum Gasteiger partial charge on any atom is 0.294 e.